The molecule has 0 spiro atoms. The van der Waals surface area contributed by atoms with Crippen LogP contribution in [0.25, 0.3) is 0 Å². The molecule has 0 bridgehead atoms. The van der Waals surface area contributed by atoms with Gasteiger partial charge in [-0.25, -0.2) is 0 Å². The zero-order chi connectivity index (χ0) is 43.6. The van der Waals surface area contributed by atoms with Crippen LogP contribution in [0.3, 0.4) is 0 Å². The van der Waals surface area contributed by atoms with E-state index in [0.29, 0.717) is 23.9 Å². The molecule has 0 radical (unpaired) electrons. The maximum Gasteiger partial charge on any atom is 0.268 e. The number of nitrogens with zero attached hydrogens (tertiary/aromatic N) is 1. The topological polar surface area (TPSA) is 108 Å². The van der Waals surface area contributed by atoms with Crippen LogP contribution < -0.4 is 10.2 Å². The zero-order valence-corrected chi connectivity index (χ0v) is 40.9. The highest BCUT2D eigenvalue weighted by molar-refractivity contribution is 7.45. The molecule has 3 unspecified atom stereocenters. The van der Waals surface area contributed by atoms with Gasteiger partial charge in [-0.2, -0.15) is 0 Å². The second-order valence-electron chi connectivity index (χ2n) is 18.9. The van der Waals surface area contributed by atoms with E-state index in [1.54, 1.807) is 0 Å². The Morgan fingerprint density at radius 2 is 0.932 bits per heavy atom. The number of unbranched alkanes of at least 4 members (excludes halogenated alkanes) is 32. The lowest BCUT2D eigenvalue weighted by molar-refractivity contribution is -0.870. The maximum atomic E-state index is 12.9. The first-order chi connectivity index (χ1) is 28.5. The first-order valence-corrected chi connectivity index (χ1v) is 27.0. The normalized spacial score (nSPS) is 14.2. The Morgan fingerprint density at radius 3 is 1.32 bits per heavy atom. The van der Waals surface area contributed by atoms with E-state index < -0.39 is 20.0 Å². The molecule has 0 aliphatic rings. The lowest BCUT2D eigenvalue weighted by atomic mass is 10.0. The second kappa shape index (κ2) is 42.5. The van der Waals surface area contributed by atoms with Gasteiger partial charge in [0, 0.05) is 6.42 Å². The first-order valence-electron chi connectivity index (χ1n) is 25.5. The van der Waals surface area contributed by atoms with Gasteiger partial charge >= 0.3 is 0 Å². The van der Waals surface area contributed by atoms with Crippen LogP contribution >= 0.6 is 7.82 Å². The molecule has 0 aliphatic carbocycles. The van der Waals surface area contributed by atoms with Crippen molar-refractivity contribution in [3.63, 3.8) is 0 Å². The minimum Gasteiger partial charge on any atom is -0.756 e. The van der Waals surface area contributed by atoms with Gasteiger partial charge in [-0.1, -0.05) is 219 Å². The Balaban J connectivity index is 4.13. The highest BCUT2D eigenvalue weighted by Gasteiger charge is 2.24. The number of likely N-dealkylation sites (N-methyl/N-ethyl adjacent to an activating group) is 1. The molecule has 0 saturated heterocycles. The van der Waals surface area contributed by atoms with Gasteiger partial charge in [-0.05, 0) is 38.5 Å². The van der Waals surface area contributed by atoms with Gasteiger partial charge in [0.25, 0.3) is 7.82 Å². The number of allylic oxidation sites excluding steroid dienone is 2. The number of carbonyl (C=O) groups excluding carboxylic acids is 1. The molecule has 0 fully saturated rings. The van der Waals surface area contributed by atoms with Crippen LogP contribution in [0.4, 0.5) is 0 Å². The van der Waals surface area contributed by atoms with Gasteiger partial charge in [0.2, 0.25) is 5.91 Å². The van der Waals surface area contributed by atoms with Crippen molar-refractivity contribution >= 4 is 13.7 Å². The van der Waals surface area contributed by atoms with Gasteiger partial charge in [-0.3, -0.25) is 9.36 Å². The van der Waals surface area contributed by atoms with E-state index in [1.807, 2.05) is 21.1 Å². The molecule has 9 heteroatoms. The number of nitrogens with one attached hydrogen (secondary N) is 1. The summed E-state index contributed by atoms with van der Waals surface area (Å²) in [7, 11) is 1.31. The summed E-state index contributed by atoms with van der Waals surface area (Å²) in [5, 5.41) is 13.9. The van der Waals surface area contributed by atoms with Crippen LogP contribution in [0, 0.1) is 0 Å². The molecule has 352 valence electrons. The Bertz CT molecular complexity index is 974. The number of phosphoric ester groups is 1. The third-order valence-corrected chi connectivity index (χ3v) is 12.7. The summed E-state index contributed by atoms with van der Waals surface area (Å²) in [5.41, 5.74) is 0. The number of aliphatic hydroxyl groups is 1. The maximum absolute atomic E-state index is 12.9. The standard InChI is InChI=1S/C50H101N2O6P/c1-6-8-10-12-14-16-18-20-21-22-23-24-25-26-27-28-29-30-31-32-34-36-38-40-42-44-50(54)51-48(47-58-59(55,56)57-46-45-52(3,4)5)49(53)43-41-39-37-35-33-19-17-15-13-11-9-7-2/h26-27,48-49,53H,6-25,28-47H2,1-5H3,(H-,51,54,55,56)/b27-26-. The van der Waals surface area contributed by atoms with E-state index >= 15 is 0 Å². The average molecular weight is 857 g/mol. The number of amides is 1. The summed E-state index contributed by atoms with van der Waals surface area (Å²) < 4.78 is 23.3. The first kappa shape index (κ1) is 58.2. The Labute approximate surface area is 367 Å². The summed E-state index contributed by atoms with van der Waals surface area (Å²) in [6, 6.07) is -0.797. The van der Waals surface area contributed by atoms with Gasteiger partial charge in [-0.15, -0.1) is 0 Å². The van der Waals surface area contributed by atoms with Crippen molar-refractivity contribution in [2.45, 2.75) is 264 Å². The molecule has 0 aromatic carbocycles. The molecule has 3 atom stereocenters. The minimum atomic E-state index is -4.56. The third-order valence-electron chi connectivity index (χ3n) is 11.8. The van der Waals surface area contributed by atoms with E-state index in [9.17, 15) is 19.4 Å². The van der Waals surface area contributed by atoms with Crippen molar-refractivity contribution in [1.29, 1.82) is 0 Å². The van der Waals surface area contributed by atoms with Crippen molar-refractivity contribution in [2.24, 2.45) is 0 Å². The molecule has 0 aromatic rings. The van der Waals surface area contributed by atoms with Gasteiger partial charge in [0.1, 0.15) is 13.2 Å². The molecule has 0 aliphatic heterocycles. The number of rotatable bonds is 47. The van der Waals surface area contributed by atoms with Crippen molar-refractivity contribution in [3.8, 4) is 0 Å². The van der Waals surface area contributed by atoms with Crippen molar-refractivity contribution < 1.29 is 32.9 Å². The molecule has 59 heavy (non-hydrogen) atoms. The highest BCUT2D eigenvalue weighted by Crippen LogP contribution is 2.38. The second-order valence-corrected chi connectivity index (χ2v) is 20.3. The fraction of sp³-hybridized carbons (Fsp3) is 0.940. The van der Waals surface area contributed by atoms with E-state index in [1.165, 1.54) is 186 Å². The predicted octanol–water partition coefficient (Wildman–Crippen LogP) is 14.1. The van der Waals surface area contributed by atoms with Gasteiger partial charge in [0.05, 0.1) is 39.9 Å². The zero-order valence-electron chi connectivity index (χ0n) is 40.0. The molecule has 2 N–H and O–H groups in total. The van der Waals surface area contributed by atoms with E-state index in [4.69, 9.17) is 9.05 Å². The third kappa shape index (κ3) is 45.1. The van der Waals surface area contributed by atoms with Crippen LogP contribution in [0.2, 0.25) is 0 Å². The number of quaternary nitrogens is 1. The Kier molecular flexibility index (Phi) is 42.0. The van der Waals surface area contributed by atoms with Crippen molar-refractivity contribution in [1.82, 2.24) is 5.32 Å². The lowest BCUT2D eigenvalue weighted by Gasteiger charge is -2.30. The monoisotopic (exact) mass is 857 g/mol. The molecule has 0 rings (SSSR count). The summed E-state index contributed by atoms with van der Waals surface area (Å²) in [6.07, 6.45) is 49.4. The van der Waals surface area contributed by atoms with Crippen LogP contribution in [-0.4, -0.2) is 68.5 Å². The average Bonchev–Trinajstić information content (AvgIpc) is 3.19. The Hall–Kier alpha value is -0.760. The molecule has 0 aromatic heterocycles. The number of carbonyl (C=O) groups is 1. The van der Waals surface area contributed by atoms with Crippen LogP contribution in [-0.2, 0) is 18.4 Å². The minimum absolute atomic E-state index is 0.0138. The molecular weight excluding hydrogens is 756 g/mol. The number of phosphoric acid groups is 1. The summed E-state index contributed by atoms with van der Waals surface area (Å²) in [4.78, 5) is 25.4. The highest BCUT2D eigenvalue weighted by atomic mass is 31.2. The molecule has 8 nitrogen and oxygen atoms in total. The fourth-order valence-electron chi connectivity index (χ4n) is 7.68. The van der Waals surface area contributed by atoms with E-state index in [2.05, 4.69) is 31.3 Å². The molecular formula is C50H101N2O6P. The SMILES string of the molecule is CCCCCCCCCCCCCC/C=C\CCCCCCCCCCCC(=O)NC(COP(=O)([O-])OCC[N+](C)(C)C)C(O)CCCCCCCCCCCCCC. The van der Waals surface area contributed by atoms with Crippen LogP contribution in [0.1, 0.15) is 251 Å². The Morgan fingerprint density at radius 1 is 0.576 bits per heavy atom. The van der Waals surface area contributed by atoms with E-state index in [0.717, 1.165) is 38.5 Å². The van der Waals surface area contributed by atoms with Gasteiger partial charge in [0.15, 0.2) is 0 Å². The van der Waals surface area contributed by atoms with Gasteiger partial charge < -0.3 is 28.8 Å². The van der Waals surface area contributed by atoms with Crippen molar-refractivity contribution in [2.75, 3.05) is 40.9 Å². The van der Waals surface area contributed by atoms with Crippen LogP contribution in [0.5, 0.6) is 0 Å². The predicted molar refractivity (Wildman–Crippen MR) is 252 cm³/mol. The van der Waals surface area contributed by atoms with E-state index in [-0.39, 0.29) is 19.1 Å². The molecule has 0 saturated carbocycles. The summed E-state index contributed by atoms with van der Waals surface area (Å²) in [6.45, 7) is 4.74. The number of hydrogen-bond donors (Lipinski definition) is 2. The molecule has 0 heterocycles. The lowest BCUT2D eigenvalue weighted by Crippen LogP contribution is -2.46. The van der Waals surface area contributed by atoms with Crippen molar-refractivity contribution in [3.05, 3.63) is 12.2 Å². The number of aliphatic hydroxyl groups excluding tert-OH is 1. The fourth-order valence-corrected chi connectivity index (χ4v) is 8.41. The van der Waals surface area contributed by atoms with Crippen LogP contribution in [0.15, 0.2) is 12.2 Å². The largest absolute Gasteiger partial charge is 0.756 e. The smallest absolute Gasteiger partial charge is 0.268 e. The summed E-state index contributed by atoms with van der Waals surface area (Å²) in [5.74, 6) is -0.165. The molecule has 1 amide bonds. The summed E-state index contributed by atoms with van der Waals surface area (Å²) >= 11 is 0. The number of hydrogen-bond acceptors (Lipinski definition) is 6. The quantitative estimate of drug-likeness (QED) is 0.0273.